The highest BCUT2D eigenvalue weighted by Gasteiger charge is 2.18. The number of hydrogen-bond acceptors (Lipinski definition) is 5. The second-order valence-corrected chi connectivity index (χ2v) is 6.67. The molecule has 0 aliphatic carbocycles. The number of para-hydroxylation sites is 1. The van der Waals surface area contributed by atoms with E-state index in [0.717, 1.165) is 11.4 Å². The van der Waals surface area contributed by atoms with Crippen LogP contribution in [0.5, 0.6) is 0 Å². The molecule has 0 radical (unpaired) electrons. The van der Waals surface area contributed by atoms with E-state index in [1.54, 1.807) is 28.6 Å². The van der Waals surface area contributed by atoms with E-state index in [2.05, 4.69) is 25.5 Å². The molecule has 8 nitrogen and oxygen atoms in total. The summed E-state index contributed by atoms with van der Waals surface area (Å²) in [6, 6.07) is 11.5. The smallest absolute Gasteiger partial charge is 0.243 e. The van der Waals surface area contributed by atoms with Crippen LogP contribution in [0.25, 0.3) is 22.5 Å². The lowest BCUT2D eigenvalue weighted by Gasteiger charge is -2.10. The first-order chi connectivity index (χ1) is 13.0. The van der Waals surface area contributed by atoms with Crippen molar-refractivity contribution < 1.29 is 4.79 Å². The first-order valence-electron chi connectivity index (χ1n) is 8.30. The third kappa shape index (κ3) is 3.15. The van der Waals surface area contributed by atoms with Crippen molar-refractivity contribution in [3.63, 3.8) is 0 Å². The Hall–Kier alpha value is -3.26. The molecular formula is C18H16ClN7O. The van der Waals surface area contributed by atoms with Crippen LogP contribution in [0.3, 0.4) is 0 Å². The third-order valence-corrected chi connectivity index (χ3v) is 4.19. The van der Waals surface area contributed by atoms with Crippen LogP contribution in [0.4, 0.5) is 5.82 Å². The summed E-state index contributed by atoms with van der Waals surface area (Å²) in [5, 5.41) is 11.7. The number of aromatic nitrogens is 6. The minimum absolute atomic E-state index is 0.317. The highest BCUT2D eigenvalue weighted by molar-refractivity contribution is 6.32. The molecule has 1 aromatic carbocycles. The molecule has 0 aliphatic heterocycles. The fourth-order valence-electron chi connectivity index (χ4n) is 2.73. The largest absolute Gasteiger partial charge is 0.309 e. The molecule has 4 rings (SSSR count). The van der Waals surface area contributed by atoms with Crippen molar-refractivity contribution in [3.05, 3.63) is 54.6 Å². The standard InChI is InChI=1S/C18H16ClN7O/c1-11-8-15(23-18(27)12(2)19)26(24-11)17-14-9-22-25(16(14)20-10-21-17)13-6-4-3-5-7-13/h3-10,12H,1-2H3,(H,23,27). The minimum Gasteiger partial charge on any atom is -0.309 e. The number of aryl methyl sites for hydroxylation is 1. The maximum absolute atomic E-state index is 12.0. The number of rotatable bonds is 4. The Balaban J connectivity index is 1.84. The lowest BCUT2D eigenvalue weighted by Crippen LogP contribution is -2.22. The Morgan fingerprint density at radius 3 is 2.70 bits per heavy atom. The number of amides is 1. The molecule has 136 valence electrons. The molecule has 9 heteroatoms. The van der Waals surface area contributed by atoms with Crippen LogP contribution in [-0.4, -0.2) is 40.8 Å². The zero-order valence-electron chi connectivity index (χ0n) is 14.7. The molecule has 1 amide bonds. The van der Waals surface area contributed by atoms with E-state index in [4.69, 9.17) is 11.6 Å². The van der Waals surface area contributed by atoms with Crippen molar-refractivity contribution in [2.45, 2.75) is 19.2 Å². The van der Waals surface area contributed by atoms with Crippen LogP contribution in [-0.2, 0) is 4.79 Å². The Kier molecular flexibility index (Phi) is 4.33. The highest BCUT2D eigenvalue weighted by Crippen LogP contribution is 2.24. The van der Waals surface area contributed by atoms with E-state index in [1.807, 2.05) is 37.3 Å². The van der Waals surface area contributed by atoms with Gasteiger partial charge in [0.15, 0.2) is 11.5 Å². The fraction of sp³-hybridized carbons (Fsp3) is 0.167. The number of benzene rings is 1. The van der Waals surface area contributed by atoms with Crippen LogP contribution in [0.2, 0.25) is 0 Å². The van der Waals surface area contributed by atoms with E-state index in [-0.39, 0.29) is 5.91 Å². The van der Waals surface area contributed by atoms with E-state index in [0.29, 0.717) is 22.7 Å². The molecule has 0 aliphatic rings. The predicted molar refractivity (Wildman–Crippen MR) is 102 cm³/mol. The Morgan fingerprint density at radius 1 is 1.19 bits per heavy atom. The van der Waals surface area contributed by atoms with Crippen molar-refractivity contribution in [2.24, 2.45) is 0 Å². The average molecular weight is 382 g/mol. The van der Waals surface area contributed by atoms with E-state index in [9.17, 15) is 4.79 Å². The first kappa shape index (κ1) is 17.2. The molecule has 0 saturated heterocycles. The molecule has 1 N–H and O–H groups in total. The van der Waals surface area contributed by atoms with Gasteiger partial charge in [0.05, 0.1) is 23.0 Å². The van der Waals surface area contributed by atoms with Gasteiger partial charge in [-0.3, -0.25) is 4.79 Å². The minimum atomic E-state index is -0.667. The van der Waals surface area contributed by atoms with Crippen molar-refractivity contribution in [2.75, 3.05) is 5.32 Å². The van der Waals surface area contributed by atoms with Crippen molar-refractivity contribution in [1.29, 1.82) is 0 Å². The Bertz CT molecular complexity index is 1120. The monoisotopic (exact) mass is 381 g/mol. The van der Waals surface area contributed by atoms with Crippen LogP contribution < -0.4 is 5.32 Å². The SMILES string of the molecule is Cc1cc(NC(=O)C(C)Cl)n(-c2ncnc3c2cnn3-c2ccccc2)n1. The Labute approximate surface area is 159 Å². The van der Waals surface area contributed by atoms with Crippen LogP contribution in [0, 0.1) is 6.92 Å². The first-order valence-corrected chi connectivity index (χ1v) is 8.74. The predicted octanol–water partition coefficient (Wildman–Crippen LogP) is 2.88. The van der Waals surface area contributed by atoms with Crippen LogP contribution in [0.15, 0.2) is 48.9 Å². The molecule has 4 aromatic rings. The number of carbonyl (C=O) groups is 1. The van der Waals surface area contributed by atoms with Gasteiger partial charge in [-0.15, -0.1) is 11.6 Å². The quantitative estimate of drug-likeness (QED) is 0.549. The number of anilines is 1. The third-order valence-electron chi connectivity index (χ3n) is 3.99. The van der Waals surface area contributed by atoms with Crippen LogP contribution in [0.1, 0.15) is 12.6 Å². The summed E-state index contributed by atoms with van der Waals surface area (Å²) in [7, 11) is 0. The number of nitrogens with zero attached hydrogens (tertiary/aromatic N) is 6. The molecule has 3 heterocycles. The zero-order valence-corrected chi connectivity index (χ0v) is 15.4. The van der Waals surface area contributed by atoms with Gasteiger partial charge in [0.2, 0.25) is 5.91 Å². The molecule has 0 spiro atoms. The van der Waals surface area contributed by atoms with Crippen molar-refractivity contribution in [3.8, 4) is 11.5 Å². The summed E-state index contributed by atoms with van der Waals surface area (Å²) in [5.74, 6) is 0.688. The summed E-state index contributed by atoms with van der Waals surface area (Å²) in [5.41, 5.74) is 2.26. The molecule has 0 saturated carbocycles. The summed E-state index contributed by atoms with van der Waals surface area (Å²) in [6.45, 7) is 3.44. The highest BCUT2D eigenvalue weighted by atomic mass is 35.5. The molecule has 27 heavy (non-hydrogen) atoms. The average Bonchev–Trinajstić information content (AvgIpc) is 3.25. The number of hydrogen-bond donors (Lipinski definition) is 1. The second-order valence-electron chi connectivity index (χ2n) is 6.01. The fourth-order valence-corrected chi connectivity index (χ4v) is 2.79. The normalized spacial score (nSPS) is 12.3. The maximum Gasteiger partial charge on any atom is 0.243 e. The van der Waals surface area contributed by atoms with E-state index >= 15 is 0 Å². The molecule has 1 unspecified atom stereocenters. The van der Waals surface area contributed by atoms with Crippen molar-refractivity contribution in [1.82, 2.24) is 29.5 Å². The molecule has 0 fully saturated rings. The molecule has 0 bridgehead atoms. The molecule has 1 atom stereocenters. The van der Waals surface area contributed by atoms with E-state index in [1.165, 1.54) is 6.33 Å². The van der Waals surface area contributed by atoms with Crippen LogP contribution >= 0.6 is 11.6 Å². The summed E-state index contributed by atoms with van der Waals surface area (Å²) < 4.78 is 3.30. The lowest BCUT2D eigenvalue weighted by molar-refractivity contribution is -0.115. The zero-order chi connectivity index (χ0) is 19.0. The number of carbonyl (C=O) groups excluding carboxylic acids is 1. The van der Waals surface area contributed by atoms with Gasteiger partial charge < -0.3 is 5.32 Å². The van der Waals surface area contributed by atoms with Gasteiger partial charge in [-0.1, -0.05) is 18.2 Å². The topological polar surface area (TPSA) is 90.5 Å². The van der Waals surface area contributed by atoms with Gasteiger partial charge in [-0.2, -0.15) is 14.9 Å². The van der Waals surface area contributed by atoms with Gasteiger partial charge in [-0.05, 0) is 26.0 Å². The molecular weight excluding hydrogens is 366 g/mol. The second kappa shape index (κ2) is 6.81. The number of halogens is 1. The summed E-state index contributed by atoms with van der Waals surface area (Å²) >= 11 is 5.87. The summed E-state index contributed by atoms with van der Waals surface area (Å²) in [6.07, 6.45) is 3.13. The number of alkyl halides is 1. The lowest BCUT2D eigenvalue weighted by atomic mass is 10.3. The number of nitrogens with one attached hydrogen (secondary N) is 1. The van der Waals surface area contributed by atoms with Gasteiger partial charge in [-0.25, -0.2) is 14.6 Å². The Morgan fingerprint density at radius 2 is 1.96 bits per heavy atom. The number of fused-ring (bicyclic) bond motifs is 1. The maximum atomic E-state index is 12.0. The molecule has 3 aromatic heterocycles. The van der Waals surface area contributed by atoms with Gasteiger partial charge >= 0.3 is 0 Å². The van der Waals surface area contributed by atoms with Gasteiger partial charge in [0.25, 0.3) is 0 Å². The van der Waals surface area contributed by atoms with E-state index < -0.39 is 5.38 Å². The van der Waals surface area contributed by atoms with Gasteiger partial charge in [0, 0.05) is 6.07 Å². The summed E-state index contributed by atoms with van der Waals surface area (Å²) in [4.78, 5) is 20.8. The van der Waals surface area contributed by atoms with Crippen molar-refractivity contribution >= 4 is 34.4 Å². The van der Waals surface area contributed by atoms with Gasteiger partial charge in [0.1, 0.15) is 17.5 Å².